The molecule has 3 N–H and O–H groups in total. The molecule has 0 saturated heterocycles. The van der Waals surface area contributed by atoms with Crippen LogP contribution in [0.5, 0.6) is 11.5 Å². The normalized spacial score (nSPS) is 10.2. The summed E-state index contributed by atoms with van der Waals surface area (Å²) >= 11 is 11.9. The average molecular weight is 298 g/mol. The van der Waals surface area contributed by atoms with E-state index >= 15 is 0 Å². The molecule has 0 radical (unpaired) electrons. The van der Waals surface area contributed by atoms with Gasteiger partial charge in [-0.3, -0.25) is 0 Å². The number of halogens is 2. The van der Waals surface area contributed by atoms with E-state index in [1.165, 1.54) is 12.1 Å². The Morgan fingerprint density at radius 2 is 1.84 bits per heavy atom. The van der Waals surface area contributed by atoms with Gasteiger partial charge in [-0.05, 0) is 24.3 Å². The lowest BCUT2D eigenvalue weighted by Crippen LogP contribution is -2.02. The van der Waals surface area contributed by atoms with Crippen LogP contribution in [0.15, 0.2) is 36.4 Å². The summed E-state index contributed by atoms with van der Waals surface area (Å²) in [5.74, 6) is -0.856. The largest absolute Gasteiger partial charge is 0.478 e. The van der Waals surface area contributed by atoms with Crippen molar-refractivity contribution in [3.63, 3.8) is 0 Å². The summed E-state index contributed by atoms with van der Waals surface area (Å²) in [6, 6.07) is 9.38. The zero-order valence-corrected chi connectivity index (χ0v) is 11.1. The molecule has 0 amide bonds. The number of nitrogen functional groups attached to an aromatic ring is 1. The third-order valence-electron chi connectivity index (χ3n) is 2.35. The van der Waals surface area contributed by atoms with Crippen LogP contribution in [0.1, 0.15) is 10.4 Å². The van der Waals surface area contributed by atoms with Gasteiger partial charge < -0.3 is 15.6 Å². The number of ether oxygens (including phenoxy) is 1. The topological polar surface area (TPSA) is 72.5 Å². The summed E-state index contributed by atoms with van der Waals surface area (Å²) in [5, 5.41) is 9.60. The van der Waals surface area contributed by atoms with E-state index in [1.807, 2.05) is 0 Å². The van der Waals surface area contributed by atoms with Crippen molar-refractivity contribution in [3.8, 4) is 11.5 Å². The quantitative estimate of drug-likeness (QED) is 0.838. The van der Waals surface area contributed by atoms with Gasteiger partial charge in [0, 0.05) is 5.69 Å². The Labute approximate surface area is 119 Å². The SMILES string of the molecule is Nc1cc(Cl)c(Oc2ccccc2Cl)c(C(=O)O)c1. The molecule has 98 valence electrons. The summed E-state index contributed by atoms with van der Waals surface area (Å²) in [6.45, 7) is 0. The highest BCUT2D eigenvalue weighted by atomic mass is 35.5. The fourth-order valence-electron chi connectivity index (χ4n) is 1.51. The molecule has 0 aliphatic rings. The van der Waals surface area contributed by atoms with Crippen molar-refractivity contribution >= 4 is 34.9 Å². The Hall–Kier alpha value is -1.91. The number of hydrogen-bond donors (Lipinski definition) is 2. The summed E-state index contributed by atoms with van der Waals surface area (Å²) in [7, 11) is 0. The Kier molecular flexibility index (Phi) is 3.83. The molecule has 0 fully saturated rings. The van der Waals surface area contributed by atoms with E-state index in [9.17, 15) is 4.79 Å². The van der Waals surface area contributed by atoms with E-state index in [1.54, 1.807) is 24.3 Å². The van der Waals surface area contributed by atoms with Gasteiger partial charge in [0.2, 0.25) is 0 Å². The molecule has 2 aromatic rings. The number of carboxylic acid groups (broad SMARTS) is 1. The fraction of sp³-hybridized carbons (Fsp3) is 0. The van der Waals surface area contributed by atoms with Gasteiger partial charge in [-0.25, -0.2) is 4.79 Å². The lowest BCUT2D eigenvalue weighted by molar-refractivity contribution is 0.0694. The van der Waals surface area contributed by atoms with Crippen molar-refractivity contribution in [3.05, 3.63) is 52.0 Å². The van der Waals surface area contributed by atoms with E-state index < -0.39 is 5.97 Å². The summed E-state index contributed by atoms with van der Waals surface area (Å²) in [4.78, 5) is 11.2. The highest BCUT2D eigenvalue weighted by molar-refractivity contribution is 6.33. The number of carbonyl (C=O) groups is 1. The van der Waals surface area contributed by atoms with E-state index in [0.29, 0.717) is 10.8 Å². The Morgan fingerprint density at radius 3 is 2.47 bits per heavy atom. The van der Waals surface area contributed by atoms with Gasteiger partial charge in [-0.1, -0.05) is 35.3 Å². The Bertz CT molecular complexity index is 644. The Morgan fingerprint density at radius 1 is 1.16 bits per heavy atom. The maximum absolute atomic E-state index is 11.2. The first-order chi connectivity index (χ1) is 8.99. The maximum atomic E-state index is 11.2. The zero-order valence-electron chi connectivity index (χ0n) is 9.56. The second-order valence-corrected chi connectivity index (χ2v) is 4.53. The minimum Gasteiger partial charge on any atom is -0.478 e. The summed E-state index contributed by atoms with van der Waals surface area (Å²) in [6.07, 6.45) is 0. The van der Waals surface area contributed by atoms with Crippen LogP contribution in [0.25, 0.3) is 0 Å². The molecular weight excluding hydrogens is 289 g/mol. The molecule has 0 aliphatic heterocycles. The highest BCUT2D eigenvalue weighted by Gasteiger charge is 2.17. The minimum atomic E-state index is -1.18. The Balaban J connectivity index is 2.51. The first kappa shape index (κ1) is 13.5. The van der Waals surface area contributed by atoms with E-state index in [0.717, 1.165) is 0 Å². The van der Waals surface area contributed by atoms with Crippen LogP contribution >= 0.6 is 23.2 Å². The molecule has 4 nitrogen and oxygen atoms in total. The number of rotatable bonds is 3. The van der Waals surface area contributed by atoms with Gasteiger partial charge in [-0.15, -0.1) is 0 Å². The van der Waals surface area contributed by atoms with E-state index in [2.05, 4.69) is 0 Å². The molecule has 0 aliphatic carbocycles. The molecule has 0 unspecified atom stereocenters. The van der Waals surface area contributed by atoms with Crippen LogP contribution in [0.2, 0.25) is 10.0 Å². The number of aromatic carboxylic acids is 1. The van der Waals surface area contributed by atoms with Crippen molar-refractivity contribution < 1.29 is 14.6 Å². The van der Waals surface area contributed by atoms with Crippen molar-refractivity contribution in [1.82, 2.24) is 0 Å². The molecule has 0 spiro atoms. The van der Waals surface area contributed by atoms with Crippen molar-refractivity contribution in [2.45, 2.75) is 0 Å². The molecule has 19 heavy (non-hydrogen) atoms. The molecule has 0 heterocycles. The zero-order chi connectivity index (χ0) is 14.0. The van der Waals surface area contributed by atoms with Crippen molar-refractivity contribution in [2.75, 3.05) is 5.73 Å². The maximum Gasteiger partial charge on any atom is 0.339 e. The average Bonchev–Trinajstić information content (AvgIpc) is 2.34. The number of anilines is 1. The number of benzene rings is 2. The van der Waals surface area contributed by atoms with E-state index in [-0.39, 0.29) is 22.0 Å². The fourth-order valence-corrected chi connectivity index (χ4v) is 1.96. The first-order valence-electron chi connectivity index (χ1n) is 5.23. The molecule has 0 saturated carbocycles. The van der Waals surface area contributed by atoms with Crippen LogP contribution in [-0.4, -0.2) is 11.1 Å². The molecule has 0 aromatic heterocycles. The molecule has 0 bridgehead atoms. The monoisotopic (exact) mass is 297 g/mol. The number of para-hydroxylation sites is 1. The van der Waals surface area contributed by atoms with Crippen LogP contribution in [0.3, 0.4) is 0 Å². The third-order valence-corrected chi connectivity index (χ3v) is 2.94. The molecule has 2 rings (SSSR count). The number of hydrogen-bond acceptors (Lipinski definition) is 3. The van der Waals surface area contributed by atoms with Gasteiger partial charge in [0.25, 0.3) is 0 Å². The predicted molar refractivity (Wildman–Crippen MR) is 74.3 cm³/mol. The smallest absolute Gasteiger partial charge is 0.339 e. The lowest BCUT2D eigenvalue weighted by atomic mass is 10.2. The summed E-state index contributed by atoms with van der Waals surface area (Å²) in [5.41, 5.74) is 5.68. The van der Waals surface area contributed by atoms with E-state index in [4.69, 9.17) is 38.8 Å². The van der Waals surface area contributed by atoms with Crippen LogP contribution in [-0.2, 0) is 0 Å². The van der Waals surface area contributed by atoms with Gasteiger partial charge in [-0.2, -0.15) is 0 Å². The van der Waals surface area contributed by atoms with Gasteiger partial charge in [0.1, 0.15) is 11.3 Å². The van der Waals surface area contributed by atoms with Gasteiger partial charge >= 0.3 is 5.97 Å². The second kappa shape index (κ2) is 5.38. The predicted octanol–water partition coefficient (Wildman–Crippen LogP) is 4.07. The van der Waals surface area contributed by atoms with Gasteiger partial charge in [0.05, 0.1) is 10.0 Å². The van der Waals surface area contributed by atoms with Crippen molar-refractivity contribution in [2.24, 2.45) is 0 Å². The molecule has 6 heteroatoms. The first-order valence-corrected chi connectivity index (χ1v) is 5.99. The second-order valence-electron chi connectivity index (χ2n) is 3.72. The highest BCUT2D eigenvalue weighted by Crippen LogP contribution is 2.37. The van der Waals surface area contributed by atoms with Crippen LogP contribution < -0.4 is 10.5 Å². The minimum absolute atomic E-state index is 0.0106. The standard InChI is InChI=1S/C13H9Cl2NO3/c14-9-3-1-2-4-11(9)19-12-8(13(17)18)5-7(16)6-10(12)15/h1-6H,16H2,(H,17,18). The number of carboxylic acids is 1. The van der Waals surface area contributed by atoms with Gasteiger partial charge in [0.15, 0.2) is 5.75 Å². The third kappa shape index (κ3) is 2.92. The summed E-state index contributed by atoms with van der Waals surface area (Å²) < 4.78 is 5.49. The van der Waals surface area contributed by atoms with Crippen LogP contribution in [0, 0.1) is 0 Å². The number of nitrogens with two attached hydrogens (primary N) is 1. The molecular formula is C13H9Cl2NO3. The van der Waals surface area contributed by atoms with Crippen LogP contribution in [0.4, 0.5) is 5.69 Å². The molecule has 2 aromatic carbocycles. The van der Waals surface area contributed by atoms with Crippen molar-refractivity contribution in [1.29, 1.82) is 0 Å². The molecule has 0 atom stereocenters. The lowest BCUT2D eigenvalue weighted by Gasteiger charge is -2.12.